The smallest absolute Gasteiger partial charge is 0.335 e. The van der Waals surface area contributed by atoms with E-state index in [9.17, 15) is 24.6 Å². The van der Waals surface area contributed by atoms with Gasteiger partial charge in [0.15, 0.2) is 0 Å². The second kappa shape index (κ2) is 6.80. The predicted octanol–water partition coefficient (Wildman–Crippen LogP) is 1.80. The van der Waals surface area contributed by atoms with E-state index in [2.05, 4.69) is 0 Å². The molecule has 0 aliphatic carbocycles. The fourth-order valence-electron chi connectivity index (χ4n) is 3.66. The SMILES string of the molecule is Cn1cc([C@H](C(=O)O)N2CCC(C(=O)O)CC2)c2cc(C(=O)O)ccc21. The van der Waals surface area contributed by atoms with Gasteiger partial charge in [0.2, 0.25) is 0 Å². The van der Waals surface area contributed by atoms with E-state index in [1.165, 1.54) is 12.1 Å². The molecule has 0 radical (unpaired) electrons. The molecule has 2 heterocycles. The topological polar surface area (TPSA) is 120 Å². The quantitative estimate of drug-likeness (QED) is 0.743. The molecule has 1 aliphatic heterocycles. The van der Waals surface area contributed by atoms with E-state index >= 15 is 0 Å². The van der Waals surface area contributed by atoms with Gasteiger partial charge in [-0.25, -0.2) is 4.79 Å². The maximum Gasteiger partial charge on any atom is 0.335 e. The van der Waals surface area contributed by atoms with Crippen LogP contribution in [0.1, 0.15) is 34.8 Å². The third kappa shape index (κ3) is 3.15. The monoisotopic (exact) mass is 360 g/mol. The van der Waals surface area contributed by atoms with E-state index in [0.717, 1.165) is 5.52 Å². The molecule has 138 valence electrons. The third-order valence-corrected chi connectivity index (χ3v) is 5.04. The lowest BCUT2D eigenvalue weighted by atomic mass is 9.94. The number of rotatable bonds is 5. The van der Waals surface area contributed by atoms with Gasteiger partial charge in [0.1, 0.15) is 6.04 Å². The van der Waals surface area contributed by atoms with Crippen LogP contribution in [0.25, 0.3) is 10.9 Å². The molecular formula is C18H20N2O6. The van der Waals surface area contributed by atoms with Crippen molar-refractivity contribution >= 4 is 28.8 Å². The van der Waals surface area contributed by atoms with Crippen molar-refractivity contribution in [3.05, 3.63) is 35.5 Å². The summed E-state index contributed by atoms with van der Waals surface area (Å²) in [7, 11) is 1.78. The molecular weight excluding hydrogens is 340 g/mol. The van der Waals surface area contributed by atoms with Crippen LogP contribution in [-0.4, -0.2) is 55.8 Å². The van der Waals surface area contributed by atoms with E-state index in [1.54, 1.807) is 28.8 Å². The second-order valence-electron chi connectivity index (χ2n) is 6.62. The lowest BCUT2D eigenvalue weighted by Crippen LogP contribution is -2.41. The summed E-state index contributed by atoms with van der Waals surface area (Å²) in [5, 5.41) is 28.8. The number of benzene rings is 1. The number of fused-ring (bicyclic) bond motifs is 1. The van der Waals surface area contributed by atoms with Crippen molar-refractivity contribution in [3.63, 3.8) is 0 Å². The molecule has 0 spiro atoms. The molecule has 0 saturated carbocycles. The number of carbonyl (C=O) groups is 3. The summed E-state index contributed by atoms with van der Waals surface area (Å²) >= 11 is 0. The molecule has 26 heavy (non-hydrogen) atoms. The summed E-state index contributed by atoms with van der Waals surface area (Å²) in [6.45, 7) is 0.728. The Kier molecular flexibility index (Phi) is 4.69. The van der Waals surface area contributed by atoms with Crippen molar-refractivity contribution in [3.8, 4) is 0 Å². The molecule has 0 unspecified atom stereocenters. The normalized spacial score (nSPS) is 17.3. The minimum atomic E-state index is -1.07. The van der Waals surface area contributed by atoms with Gasteiger partial charge >= 0.3 is 17.9 Å². The highest BCUT2D eigenvalue weighted by atomic mass is 16.4. The first-order chi connectivity index (χ1) is 12.3. The molecule has 2 aromatic rings. The lowest BCUT2D eigenvalue weighted by Gasteiger charge is -2.34. The highest BCUT2D eigenvalue weighted by molar-refractivity contribution is 5.96. The van der Waals surface area contributed by atoms with E-state index in [-0.39, 0.29) is 5.56 Å². The van der Waals surface area contributed by atoms with Gasteiger partial charge < -0.3 is 19.9 Å². The molecule has 1 fully saturated rings. The number of piperidine rings is 1. The summed E-state index contributed by atoms with van der Waals surface area (Å²) in [4.78, 5) is 36.2. The van der Waals surface area contributed by atoms with Crippen molar-refractivity contribution in [2.75, 3.05) is 13.1 Å². The number of aliphatic carboxylic acids is 2. The zero-order chi connectivity index (χ0) is 19.0. The van der Waals surface area contributed by atoms with Gasteiger partial charge in [-0.3, -0.25) is 14.5 Å². The predicted molar refractivity (Wildman–Crippen MR) is 92.2 cm³/mol. The third-order valence-electron chi connectivity index (χ3n) is 5.04. The summed E-state index contributed by atoms with van der Waals surface area (Å²) in [6.07, 6.45) is 2.49. The molecule has 1 aromatic heterocycles. The molecule has 1 saturated heterocycles. The van der Waals surface area contributed by atoms with Gasteiger partial charge in [0, 0.05) is 42.8 Å². The Labute approximate surface area is 149 Å². The van der Waals surface area contributed by atoms with Crippen LogP contribution in [0.2, 0.25) is 0 Å². The zero-order valence-corrected chi connectivity index (χ0v) is 14.3. The Morgan fingerprint density at radius 1 is 1.12 bits per heavy atom. The summed E-state index contributed by atoms with van der Waals surface area (Å²) in [6, 6.07) is 3.70. The Balaban J connectivity index is 2.01. The first kappa shape index (κ1) is 17.9. The number of carboxylic acids is 3. The van der Waals surface area contributed by atoms with Crippen LogP contribution in [0.5, 0.6) is 0 Å². The van der Waals surface area contributed by atoms with Crippen LogP contribution in [-0.2, 0) is 16.6 Å². The fraction of sp³-hybridized carbons (Fsp3) is 0.389. The van der Waals surface area contributed by atoms with Crippen LogP contribution < -0.4 is 0 Å². The van der Waals surface area contributed by atoms with Crippen molar-refractivity contribution in [2.24, 2.45) is 13.0 Å². The molecule has 3 rings (SSSR count). The first-order valence-electron chi connectivity index (χ1n) is 8.31. The van der Waals surface area contributed by atoms with E-state index < -0.39 is 29.9 Å². The van der Waals surface area contributed by atoms with Gasteiger partial charge in [0.25, 0.3) is 0 Å². The van der Waals surface area contributed by atoms with Crippen molar-refractivity contribution in [1.82, 2.24) is 9.47 Å². The van der Waals surface area contributed by atoms with Crippen molar-refractivity contribution in [1.29, 1.82) is 0 Å². The van der Waals surface area contributed by atoms with Crippen LogP contribution in [0, 0.1) is 5.92 Å². The number of aromatic nitrogens is 1. The number of aryl methyl sites for hydroxylation is 1. The Hall–Kier alpha value is -2.87. The summed E-state index contributed by atoms with van der Waals surface area (Å²) in [5.74, 6) is -3.41. The Morgan fingerprint density at radius 3 is 2.31 bits per heavy atom. The largest absolute Gasteiger partial charge is 0.481 e. The van der Waals surface area contributed by atoms with Crippen LogP contribution in [0.4, 0.5) is 0 Å². The second-order valence-corrected chi connectivity index (χ2v) is 6.62. The number of hydrogen-bond donors (Lipinski definition) is 3. The highest BCUT2D eigenvalue weighted by Gasteiger charge is 2.34. The van der Waals surface area contributed by atoms with Gasteiger partial charge in [-0.2, -0.15) is 0 Å². The summed E-state index contributed by atoms with van der Waals surface area (Å²) in [5.41, 5.74) is 1.36. The van der Waals surface area contributed by atoms with Gasteiger partial charge in [0.05, 0.1) is 11.5 Å². The molecule has 1 aromatic carbocycles. The number of carboxylic acid groups (broad SMARTS) is 3. The first-order valence-corrected chi connectivity index (χ1v) is 8.31. The Bertz CT molecular complexity index is 879. The van der Waals surface area contributed by atoms with Gasteiger partial charge in [-0.05, 0) is 31.0 Å². The average molecular weight is 360 g/mol. The molecule has 1 atom stereocenters. The number of likely N-dealkylation sites (tertiary alicyclic amines) is 1. The van der Waals surface area contributed by atoms with E-state index in [0.29, 0.717) is 36.9 Å². The van der Waals surface area contributed by atoms with Crippen LogP contribution >= 0.6 is 0 Å². The average Bonchev–Trinajstić information content (AvgIpc) is 2.91. The van der Waals surface area contributed by atoms with Crippen molar-refractivity contribution < 1.29 is 29.7 Å². The lowest BCUT2D eigenvalue weighted by molar-refractivity contribution is -0.146. The molecule has 0 bridgehead atoms. The van der Waals surface area contributed by atoms with Gasteiger partial charge in [-0.15, -0.1) is 0 Å². The maximum absolute atomic E-state index is 12.0. The standard InChI is InChI=1S/C18H20N2O6/c1-19-9-13(12-8-11(17(23)24)2-3-14(12)19)15(18(25)26)20-6-4-10(5-7-20)16(21)22/h2-3,8-10,15H,4-7H2,1H3,(H,21,22)(H,23,24)(H,25,26)/t15-/m1/s1. The molecule has 0 amide bonds. The highest BCUT2D eigenvalue weighted by Crippen LogP contribution is 2.33. The molecule has 1 aliphatic rings. The zero-order valence-electron chi connectivity index (χ0n) is 14.3. The Morgan fingerprint density at radius 2 is 1.77 bits per heavy atom. The molecule has 8 heteroatoms. The van der Waals surface area contributed by atoms with Crippen LogP contribution in [0.15, 0.2) is 24.4 Å². The molecule has 8 nitrogen and oxygen atoms in total. The summed E-state index contributed by atoms with van der Waals surface area (Å²) < 4.78 is 1.77. The molecule has 3 N–H and O–H groups in total. The van der Waals surface area contributed by atoms with E-state index in [4.69, 9.17) is 5.11 Å². The van der Waals surface area contributed by atoms with E-state index in [1.807, 2.05) is 0 Å². The fourth-order valence-corrected chi connectivity index (χ4v) is 3.66. The number of aromatic carboxylic acids is 1. The number of hydrogen-bond acceptors (Lipinski definition) is 4. The minimum absolute atomic E-state index is 0.0960. The van der Waals surface area contributed by atoms with Crippen LogP contribution in [0.3, 0.4) is 0 Å². The minimum Gasteiger partial charge on any atom is -0.481 e. The number of nitrogens with zero attached hydrogens (tertiary/aromatic N) is 2. The van der Waals surface area contributed by atoms with Gasteiger partial charge in [-0.1, -0.05) is 0 Å². The van der Waals surface area contributed by atoms with Crippen molar-refractivity contribution in [2.45, 2.75) is 18.9 Å². The maximum atomic E-state index is 12.0.